The Morgan fingerprint density at radius 3 is 2.87 bits per heavy atom. The van der Waals surface area contributed by atoms with E-state index in [1.54, 1.807) is 23.7 Å². The van der Waals surface area contributed by atoms with Crippen LogP contribution in [0.2, 0.25) is 0 Å². The van der Waals surface area contributed by atoms with Gasteiger partial charge in [0.2, 0.25) is 15.9 Å². The summed E-state index contributed by atoms with van der Waals surface area (Å²) < 4.78 is 27.5. The van der Waals surface area contributed by atoms with Gasteiger partial charge < -0.3 is 5.32 Å². The molecule has 0 bridgehead atoms. The third kappa shape index (κ3) is 3.29. The number of thiazole rings is 1. The lowest BCUT2D eigenvalue weighted by molar-refractivity contribution is -0.117. The Balaban J connectivity index is 1.90. The number of anilines is 1. The van der Waals surface area contributed by atoms with Gasteiger partial charge in [-0.1, -0.05) is 13.8 Å². The molecule has 0 saturated heterocycles. The van der Waals surface area contributed by atoms with E-state index < -0.39 is 15.4 Å². The van der Waals surface area contributed by atoms with E-state index in [0.29, 0.717) is 17.1 Å². The summed E-state index contributed by atoms with van der Waals surface area (Å²) in [7, 11) is -3.63. The topological polar surface area (TPSA) is 88.2 Å². The third-order valence-corrected chi connectivity index (χ3v) is 5.98. The van der Waals surface area contributed by atoms with Gasteiger partial charge >= 0.3 is 0 Å². The highest BCUT2D eigenvalue weighted by molar-refractivity contribution is 7.89. The summed E-state index contributed by atoms with van der Waals surface area (Å²) in [6, 6.07) is 4.79. The van der Waals surface area contributed by atoms with Crippen molar-refractivity contribution in [1.82, 2.24) is 9.71 Å². The number of sulfonamides is 1. The number of benzene rings is 1. The summed E-state index contributed by atoms with van der Waals surface area (Å²) in [5.41, 5.74) is 1.10. The van der Waals surface area contributed by atoms with Crippen LogP contribution in [0.25, 0.3) is 0 Å². The molecule has 2 N–H and O–H groups in total. The minimum absolute atomic E-state index is 0.0556. The molecular weight excluding hydrogens is 334 g/mol. The Bertz CT molecular complexity index is 843. The number of aromatic nitrogens is 1. The molecular formula is C15H17N3O3S2. The first-order valence-corrected chi connectivity index (χ1v) is 9.47. The van der Waals surface area contributed by atoms with Crippen LogP contribution in [0.4, 0.5) is 5.69 Å². The van der Waals surface area contributed by atoms with Crippen LogP contribution in [0.15, 0.2) is 34.7 Å². The number of fused-ring (bicyclic) bond motifs is 1. The Morgan fingerprint density at radius 1 is 1.39 bits per heavy atom. The summed E-state index contributed by atoms with van der Waals surface area (Å²) in [5.74, 6) is -0.0556. The van der Waals surface area contributed by atoms with Crippen molar-refractivity contribution in [2.75, 3.05) is 5.32 Å². The first kappa shape index (κ1) is 16.1. The molecule has 1 aromatic heterocycles. The molecule has 0 unspecified atom stereocenters. The summed E-state index contributed by atoms with van der Waals surface area (Å²) >= 11 is 1.40. The maximum absolute atomic E-state index is 12.5. The van der Waals surface area contributed by atoms with Crippen molar-refractivity contribution >= 4 is 33.0 Å². The molecule has 0 radical (unpaired) electrons. The zero-order valence-corrected chi connectivity index (χ0v) is 14.4. The van der Waals surface area contributed by atoms with Gasteiger partial charge in [-0.15, -0.1) is 11.3 Å². The lowest BCUT2D eigenvalue weighted by Crippen LogP contribution is -2.33. The number of hydrogen-bond donors (Lipinski definition) is 2. The number of nitrogens with one attached hydrogen (secondary N) is 2. The fourth-order valence-electron chi connectivity index (χ4n) is 2.63. The van der Waals surface area contributed by atoms with Gasteiger partial charge in [0.25, 0.3) is 0 Å². The van der Waals surface area contributed by atoms with Crippen molar-refractivity contribution in [2.45, 2.75) is 37.1 Å². The predicted octanol–water partition coefficient (Wildman–Crippen LogP) is 2.24. The van der Waals surface area contributed by atoms with Crippen LogP contribution in [0, 0.1) is 0 Å². The molecule has 0 aliphatic carbocycles. The molecule has 1 aliphatic heterocycles. The van der Waals surface area contributed by atoms with Gasteiger partial charge in [-0.05, 0) is 23.8 Å². The zero-order chi connectivity index (χ0) is 16.7. The summed E-state index contributed by atoms with van der Waals surface area (Å²) in [6.45, 7) is 4.03. The van der Waals surface area contributed by atoms with E-state index in [9.17, 15) is 13.2 Å². The normalized spacial score (nSPS) is 16.7. The van der Waals surface area contributed by atoms with E-state index in [0.717, 1.165) is 5.56 Å². The number of amides is 1. The summed E-state index contributed by atoms with van der Waals surface area (Å²) in [4.78, 5) is 16.0. The molecule has 1 aliphatic rings. The molecule has 1 aromatic carbocycles. The minimum atomic E-state index is -3.63. The number of carbonyl (C=O) groups excluding carboxylic acids is 1. The molecule has 1 amide bonds. The second-order valence-electron chi connectivity index (χ2n) is 6.07. The smallest absolute Gasteiger partial charge is 0.240 e. The maximum atomic E-state index is 12.5. The Hall–Kier alpha value is -1.77. The van der Waals surface area contributed by atoms with E-state index >= 15 is 0 Å². The second kappa shape index (κ2) is 5.70. The standard InChI is InChI=1S/C15H17N3O3S2/c1-15(2)8-13(19)18-12-4-3-10(7-11(12)15)23(20,21)17-9-14-16-5-6-22-14/h3-7,17H,8-9H2,1-2H3,(H,18,19). The maximum Gasteiger partial charge on any atom is 0.240 e. The number of nitrogens with zero attached hydrogens (tertiary/aromatic N) is 1. The van der Waals surface area contributed by atoms with Crippen LogP contribution < -0.4 is 10.0 Å². The first-order chi connectivity index (χ1) is 10.8. The van der Waals surface area contributed by atoms with Crippen LogP contribution in [0.3, 0.4) is 0 Å². The molecule has 0 fully saturated rings. The average molecular weight is 351 g/mol. The van der Waals surface area contributed by atoms with Crippen molar-refractivity contribution in [2.24, 2.45) is 0 Å². The van der Waals surface area contributed by atoms with Gasteiger partial charge in [0.1, 0.15) is 5.01 Å². The van der Waals surface area contributed by atoms with Gasteiger partial charge in [-0.2, -0.15) is 0 Å². The largest absolute Gasteiger partial charge is 0.326 e. The second-order valence-corrected chi connectivity index (χ2v) is 8.81. The molecule has 0 saturated carbocycles. The quantitative estimate of drug-likeness (QED) is 0.884. The summed E-state index contributed by atoms with van der Waals surface area (Å²) in [5, 5.41) is 5.29. The van der Waals surface area contributed by atoms with Crippen LogP contribution >= 0.6 is 11.3 Å². The number of carbonyl (C=O) groups is 1. The number of rotatable bonds is 4. The van der Waals surface area contributed by atoms with Crippen molar-refractivity contribution in [3.8, 4) is 0 Å². The molecule has 23 heavy (non-hydrogen) atoms. The van der Waals surface area contributed by atoms with Crippen molar-refractivity contribution < 1.29 is 13.2 Å². The zero-order valence-electron chi connectivity index (χ0n) is 12.8. The van der Waals surface area contributed by atoms with E-state index in [1.165, 1.54) is 17.4 Å². The third-order valence-electron chi connectivity index (χ3n) is 3.80. The van der Waals surface area contributed by atoms with Crippen molar-refractivity contribution in [3.63, 3.8) is 0 Å². The Kier molecular flexibility index (Phi) is 3.99. The minimum Gasteiger partial charge on any atom is -0.326 e. The van der Waals surface area contributed by atoms with Crippen molar-refractivity contribution in [3.05, 3.63) is 40.3 Å². The van der Waals surface area contributed by atoms with Gasteiger partial charge in [0.15, 0.2) is 0 Å². The van der Waals surface area contributed by atoms with Crippen LogP contribution in [0.5, 0.6) is 0 Å². The number of hydrogen-bond acceptors (Lipinski definition) is 5. The lowest BCUT2D eigenvalue weighted by Gasteiger charge is -2.32. The molecule has 0 atom stereocenters. The Labute approximate surface area is 139 Å². The van der Waals surface area contributed by atoms with Crippen LogP contribution in [0.1, 0.15) is 30.8 Å². The summed E-state index contributed by atoms with van der Waals surface area (Å²) in [6.07, 6.45) is 1.97. The monoisotopic (exact) mass is 351 g/mol. The molecule has 2 heterocycles. The first-order valence-electron chi connectivity index (χ1n) is 7.10. The SMILES string of the molecule is CC1(C)CC(=O)Nc2ccc(S(=O)(=O)NCc3nccs3)cc21. The fourth-order valence-corrected chi connectivity index (χ4v) is 4.29. The Morgan fingerprint density at radius 2 is 2.17 bits per heavy atom. The fraction of sp³-hybridized carbons (Fsp3) is 0.333. The van der Waals surface area contributed by atoms with Gasteiger partial charge in [-0.25, -0.2) is 18.1 Å². The van der Waals surface area contributed by atoms with E-state index in [2.05, 4.69) is 15.0 Å². The van der Waals surface area contributed by atoms with Gasteiger partial charge in [-0.3, -0.25) is 4.79 Å². The predicted molar refractivity (Wildman–Crippen MR) is 88.9 cm³/mol. The van der Waals surface area contributed by atoms with Gasteiger partial charge in [0, 0.05) is 29.1 Å². The van der Waals surface area contributed by atoms with E-state index in [4.69, 9.17) is 0 Å². The van der Waals surface area contributed by atoms with Gasteiger partial charge in [0.05, 0.1) is 11.4 Å². The molecule has 122 valence electrons. The molecule has 8 heteroatoms. The molecule has 3 rings (SSSR count). The lowest BCUT2D eigenvalue weighted by atomic mass is 9.78. The molecule has 0 spiro atoms. The highest BCUT2D eigenvalue weighted by Gasteiger charge is 2.33. The van der Waals surface area contributed by atoms with Crippen molar-refractivity contribution in [1.29, 1.82) is 0 Å². The highest BCUT2D eigenvalue weighted by atomic mass is 32.2. The molecule has 2 aromatic rings. The average Bonchev–Trinajstić information content (AvgIpc) is 2.97. The van der Waals surface area contributed by atoms with Crippen LogP contribution in [-0.2, 0) is 26.8 Å². The highest BCUT2D eigenvalue weighted by Crippen LogP contribution is 2.38. The van der Waals surface area contributed by atoms with Crippen LogP contribution in [-0.4, -0.2) is 19.3 Å². The van der Waals surface area contributed by atoms with E-state index in [1.807, 2.05) is 13.8 Å². The van der Waals surface area contributed by atoms with E-state index in [-0.39, 0.29) is 17.3 Å². The molecule has 6 nitrogen and oxygen atoms in total.